The van der Waals surface area contributed by atoms with E-state index in [1.54, 1.807) is 11.9 Å². The molecule has 0 bridgehead atoms. The average molecular weight is 281 g/mol. The number of rotatable bonds is 5. The van der Waals surface area contributed by atoms with E-state index in [0.29, 0.717) is 17.9 Å². The van der Waals surface area contributed by atoms with Crippen LogP contribution in [-0.2, 0) is 4.79 Å². The number of hydrogen-bond donors (Lipinski definition) is 2. The molecule has 0 saturated carbocycles. The van der Waals surface area contributed by atoms with E-state index in [-0.39, 0.29) is 17.4 Å². The number of nitrogens with one attached hydrogen (secondary N) is 1. The van der Waals surface area contributed by atoms with Crippen LogP contribution in [0.2, 0.25) is 0 Å². The maximum atomic E-state index is 11.7. The highest BCUT2D eigenvalue weighted by molar-refractivity contribution is 7.80. The summed E-state index contributed by atoms with van der Waals surface area (Å²) in [6.07, 6.45) is 0. The normalized spacial score (nSPS) is 10.1. The second-order valence-corrected chi connectivity index (χ2v) is 4.70. The van der Waals surface area contributed by atoms with Crippen LogP contribution in [0.5, 0.6) is 0 Å². The number of nitrogens with zero attached hydrogens (tertiary/aromatic N) is 3. The fourth-order valence-electron chi connectivity index (χ4n) is 1.50. The lowest BCUT2D eigenvalue weighted by atomic mass is 10.1. The number of thiocarbonyl (C=S) groups is 1. The van der Waals surface area contributed by atoms with Crippen LogP contribution in [0.1, 0.15) is 23.7 Å². The minimum Gasteiger partial charge on any atom is -0.389 e. The predicted octanol–water partition coefficient (Wildman–Crippen LogP) is 0.618. The third-order valence-electron chi connectivity index (χ3n) is 3.01. The van der Waals surface area contributed by atoms with Crippen LogP contribution in [-0.4, -0.2) is 46.1 Å². The summed E-state index contributed by atoms with van der Waals surface area (Å²) in [6, 6.07) is 0. The van der Waals surface area contributed by atoms with Gasteiger partial charge in [-0.05, 0) is 26.3 Å². The third-order valence-corrected chi connectivity index (χ3v) is 3.21. The number of aryl methyl sites for hydroxylation is 1. The molecule has 1 aromatic heterocycles. The Balaban J connectivity index is 2.93. The predicted molar refractivity (Wildman–Crippen MR) is 79.2 cm³/mol. The van der Waals surface area contributed by atoms with Crippen LogP contribution in [0.15, 0.2) is 0 Å². The molecule has 0 aromatic carbocycles. The van der Waals surface area contributed by atoms with E-state index >= 15 is 0 Å². The van der Waals surface area contributed by atoms with Crippen molar-refractivity contribution in [2.45, 2.75) is 20.8 Å². The fraction of sp³-hybridized carbons (Fsp3) is 0.500. The van der Waals surface area contributed by atoms with Gasteiger partial charge in [-0.15, -0.1) is 5.10 Å². The van der Waals surface area contributed by atoms with Gasteiger partial charge < -0.3 is 16.0 Å². The van der Waals surface area contributed by atoms with Gasteiger partial charge in [0.1, 0.15) is 4.99 Å². The molecule has 0 aliphatic heterocycles. The second-order valence-electron chi connectivity index (χ2n) is 4.26. The maximum Gasteiger partial charge on any atom is 0.241 e. The van der Waals surface area contributed by atoms with Crippen molar-refractivity contribution in [3.8, 4) is 0 Å². The van der Waals surface area contributed by atoms with Gasteiger partial charge in [-0.3, -0.25) is 4.79 Å². The lowest BCUT2D eigenvalue weighted by Crippen LogP contribution is -2.32. The minimum atomic E-state index is -0.0311. The van der Waals surface area contributed by atoms with Gasteiger partial charge in [-0.25, -0.2) is 0 Å². The Morgan fingerprint density at radius 2 is 2.05 bits per heavy atom. The van der Waals surface area contributed by atoms with Crippen molar-refractivity contribution in [1.82, 2.24) is 15.1 Å². The molecule has 0 saturated heterocycles. The molecule has 7 heteroatoms. The van der Waals surface area contributed by atoms with E-state index in [1.165, 1.54) is 0 Å². The van der Waals surface area contributed by atoms with Crippen LogP contribution in [0.4, 0.5) is 5.82 Å². The first-order valence-electron chi connectivity index (χ1n) is 6.00. The molecule has 0 aliphatic carbocycles. The number of carbonyl (C=O) groups excluding carboxylic acids is 1. The molecule has 6 nitrogen and oxygen atoms in total. The van der Waals surface area contributed by atoms with Crippen LogP contribution in [0.3, 0.4) is 0 Å². The SMILES string of the molecule is CCN(C)C(=O)CNc1nnc(C)c(C)c1C(N)=S. The van der Waals surface area contributed by atoms with E-state index in [1.807, 2.05) is 20.8 Å². The first-order chi connectivity index (χ1) is 8.88. The average Bonchev–Trinajstić information content (AvgIpc) is 2.38. The molecule has 0 radical (unpaired) electrons. The van der Waals surface area contributed by atoms with Crippen molar-refractivity contribution in [3.63, 3.8) is 0 Å². The number of likely N-dealkylation sites (N-methyl/N-ethyl adjacent to an activating group) is 1. The zero-order valence-corrected chi connectivity index (χ0v) is 12.5. The Morgan fingerprint density at radius 1 is 1.42 bits per heavy atom. The summed E-state index contributed by atoms with van der Waals surface area (Å²) in [4.78, 5) is 13.6. The molecule has 0 spiro atoms. The third kappa shape index (κ3) is 3.60. The molecule has 0 aliphatic rings. The van der Waals surface area contributed by atoms with E-state index in [4.69, 9.17) is 18.0 Å². The zero-order chi connectivity index (χ0) is 14.6. The molecule has 0 atom stereocenters. The molecule has 0 unspecified atom stereocenters. The molecule has 1 rings (SSSR count). The summed E-state index contributed by atoms with van der Waals surface area (Å²) in [5.41, 5.74) is 8.00. The van der Waals surface area contributed by atoms with Crippen LogP contribution >= 0.6 is 12.2 Å². The van der Waals surface area contributed by atoms with Crippen LogP contribution < -0.4 is 11.1 Å². The van der Waals surface area contributed by atoms with Gasteiger partial charge in [0.15, 0.2) is 5.82 Å². The van der Waals surface area contributed by atoms with Crippen molar-refractivity contribution in [1.29, 1.82) is 0 Å². The number of carbonyl (C=O) groups is 1. The number of anilines is 1. The van der Waals surface area contributed by atoms with E-state index in [2.05, 4.69) is 15.5 Å². The lowest BCUT2D eigenvalue weighted by molar-refractivity contribution is -0.127. The van der Waals surface area contributed by atoms with Gasteiger partial charge in [-0.2, -0.15) is 5.10 Å². The van der Waals surface area contributed by atoms with Gasteiger partial charge in [-0.1, -0.05) is 12.2 Å². The zero-order valence-electron chi connectivity index (χ0n) is 11.6. The Morgan fingerprint density at radius 3 is 2.58 bits per heavy atom. The Labute approximate surface area is 118 Å². The molecule has 1 aromatic rings. The monoisotopic (exact) mass is 281 g/mol. The van der Waals surface area contributed by atoms with Gasteiger partial charge in [0.2, 0.25) is 5.91 Å². The van der Waals surface area contributed by atoms with Gasteiger partial charge in [0.05, 0.1) is 17.8 Å². The number of nitrogens with two attached hydrogens (primary N) is 1. The quantitative estimate of drug-likeness (QED) is 0.770. The fourth-order valence-corrected chi connectivity index (χ4v) is 1.75. The van der Waals surface area contributed by atoms with Crippen LogP contribution in [0, 0.1) is 13.8 Å². The maximum absolute atomic E-state index is 11.7. The van der Waals surface area contributed by atoms with E-state index in [9.17, 15) is 4.79 Å². The Hall–Kier alpha value is -1.76. The standard InChI is InChI=1S/C12H19N5OS/c1-5-17(4)9(18)6-14-12-10(11(13)19)7(2)8(3)15-16-12/h5-6H2,1-4H3,(H2,13,19)(H,14,16). The number of hydrogen-bond acceptors (Lipinski definition) is 5. The molecule has 0 fully saturated rings. The second kappa shape index (κ2) is 6.42. The Bertz CT molecular complexity index is 503. The summed E-state index contributed by atoms with van der Waals surface area (Å²) >= 11 is 5.03. The van der Waals surface area contributed by atoms with E-state index < -0.39 is 0 Å². The molecule has 3 N–H and O–H groups in total. The molecular formula is C12H19N5OS. The van der Waals surface area contributed by atoms with Crippen molar-refractivity contribution in [2.24, 2.45) is 5.73 Å². The van der Waals surface area contributed by atoms with Crippen LogP contribution in [0.25, 0.3) is 0 Å². The number of amides is 1. The highest BCUT2D eigenvalue weighted by Crippen LogP contribution is 2.17. The first-order valence-corrected chi connectivity index (χ1v) is 6.40. The summed E-state index contributed by atoms with van der Waals surface area (Å²) in [5.74, 6) is 0.421. The molecule has 104 valence electrons. The summed E-state index contributed by atoms with van der Waals surface area (Å²) in [5, 5.41) is 11.0. The highest BCUT2D eigenvalue weighted by atomic mass is 32.1. The van der Waals surface area contributed by atoms with Crippen molar-refractivity contribution in [3.05, 3.63) is 16.8 Å². The minimum absolute atomic E-state index is 0.0311. The largest absolute Gasteiger partial charge is 0.389 e. The summed E-state index contributed by atoms with van der Waals surface area (Å²) < 4.78 is 0. The molecule has 1 amide bonds. The number of aromatic nitrogens is 2. The molecule has 1 heterocycles. The topological polar surface area (TPSA) is 84.1 Å². The van der Waals surface area contributed by atoms with Crippen molar-refractivity contribution >= 4 is 28.9 Å². The molecular weight excluding hydrogens is 262 g/mol. The van der Waals surface area contributed by atoms with E-state index in [0.717, 1.165) is 11.3 Å². The molecule has 19 heavy (non-hydrogen) atoms. The smallest absolute Gasteiger partial charge is 0.241 e. The summed E-state index contributed by atoms with van der Waals surface area (Å²) in [6.45, 7) is 6.42. The van der Waals surface area contributed by atoms with Crippen molar-refractivity contribution in [2.75, 3.05) is 25.5 Å². The Kier molecular flexibility index (Phi) is 5.17. The first kappa shape index (κ1) is 15.3. The van der Waals surface area contributed by atoms with Gasteiger partial charge in [0.25, 0.3) is 0 Å². The van der Waals surface area contributed by atoms with Gasteiger partial charge >= 0.3 is 0 Å². The lowest BCUT2D eigenvalue weighted by Gasteiger charge is -2.16. The van der Waals surface area contributed by atoms with Gasteiger partial charge in [0, 0.05) is 13.6 Å². The summed E-state index contributed by atoms with van der Waals surface area (Å²) in [7, 11) is 1.74. The highest BCUT2D eigenvalue weighted by Gasteiger charge is 2.15. The van der Waals surface area contributed by atoms with Crippen molar-refractivity contribution < 1.29 is 4.79 Å².